The molecular weight excluding hydrogens is 266 g/mol. The van der Waals surface area contributed by atoms with E-state index in [0.29, 0.717) is 13.1 Å². The van der Waals surface area contributed by atoms with Gasteiger partial charge < -0.3 is 15.0 Å². The predicted octanol–water partition coefficient (Wildman–Crippen LogP) is -0.0680. The number of ether oxygens (including phenoxy) is 1. The van der Waals surface area contributed by atoms with Crippen LogP contribution in [0, 0.1) is 10.1 Å². The van der Waals surface area contributed by atoms with E-state index in [2.05, 4.69) is 5.32 Å². The van der Waals surface area contributed by atoms with Crippen LogP contribution >= 0.6 is 0 Å². The first-order chi connectivity index (χ1) is 9.58. The number of rotatable bonds is 4. The van der Waals surface area contributed by atoms with Crippen molar-refractivity contribution in [3.05, 3.63) is 34.4 Å². The third kappa shape index (κ3) is 3.22. The molecule has 20 heavy (non-hydrogen) atoms. The second kappa shape index (κ2) is 6.00. The minimum absolute atomic E-state index is 0.0148. The van der Waals surface area contributed by atoms with Crippen molar-refractivity contribution < 1.29 is 19.2 Å². The zero-order chi connectivity index (χ0) is 14.5. The minimum atomic E-state index is -0.575. The van der Waals surface area contributed by atoms with Crippen LogP contribution in [0.1, 0.15) is 0 Å². The van der Waals surface area contributed by atoms with E-state index in [9.17, 15) is 19.7 Å². The summed E-state index contributed by atoms with van der Waals surface area (Å²) in [6.45, 7) is 0.456. The maximum Gasteiger partial charge on any atom is 0.310 e. The van der Waals surface area contributed by atoms with Crippen LogP contribution in [-0.2, 0) is 9.59 Å². The fourth-order valence-electron chi connectivity index (χ4n) is 1.81. The van der Waals surface area contributed by atoms with Gasteiger partial charge in [-0.3, -0.25) is 19.7 Å². The Kier molecular flexibility index (Phi) is 4.14. The summed E-state index contributed by atoms with van der Waals surface area (Å²) in [5.41, 5.74) is -0.198. The molecule has 0 bridgehead atoms. The smallest absolute Gasteiger partial charge is 0.310 e. The summed E-state index contributed by atoms with van der Waals surface area (Å²) >= 11 is 0. The van der Waals surface area contributed by atoms with Gasteiger partial charge in [0.05, 0.1) is 11.5 Å². The molecule has 106 valence electrons. The number of hydrogen-bond acceptors (Lipinski definition) is 5. The summed E-state index contributed by atoms with van der Waals surface area (Å²) in [6.07, 6.45) is 0. The Morgan fingerprint density at radius 1 is 1.45 bits per heavy atom. The fourth-order valence-corrected chi connectivity index (χ4v) is 1.81. The molecule has 1 saturated heterocycles. The molecule has 0 radical (unpaired) electrons. The van der Waals surface area contributed by atoms with Crippen LogP contribution in [0.2, 0.25) is 0 Å². The van der Waals surface area contributed by atoms with Crippen LogP contribution in [0.15, 0.2) is 24.3 Å². The van der Waals surface area contributed by atoms with Crippen LogP contribution in [-0.4, -0.2) is 47.9 Å². The van der Waals surface area contributed by atoms with Gasteiger partial charge in [-0.2, -0.15) is 0 Å². The molecule has 8 heteroatoms. The molecule has 1 fully saturated rings. The van der Waals surface area contributed by atoms with Gasteiger partial charge in [-0.1, -0.05) is 12.1 Å². The molecule has 1 aliphatic heterocycles. The summed E-state index contributed by atoms with van der Waals surface area (Å²) in [6, 6.07) is 5.82. The highest BCUT2D eigenvalue weighted by Crippen LogP contribution is 2.25. The molecular formula is C12H13N3O5. The maximum absolute atomic E-state index is 11.8. The predicted molar refractivity (Wildman–Crippen MR) is 68.2 cm³/mol. The van der Waals surface area contributed by atoms with E-state index in [1.807, 2.05) is 0 Å². The number of piperazine rings is 1. The lowest BCUT2D eigenvalue weighted by Gasteiger charge is -2.26. The summed E-state index contributed by atoms with van der Waals surface area (Å²) in [4.78, 5) is 34.6. The number of hydrogen-bond donors (Lipinski definition) is 1. The minimum Gasteiger partial charge on any atom is -0.477 e. The molecule has 2 rings (SSSR count). The van der Waals surface area contributed by atoms with Gasteiger partial charge in [0.2, 0.25) is 5.91 Å². The molecule has 0 aromatic heterocycles. The van der Waals surface area contributed by atoms with E-state index < -0.39 is 4.92 Å². The zero-order valence-corrected chi connectivity index (χ0v) is 10.6. The molecule has 0 aliphatic carbocycles. The van der Waals surface area contributed by atoms with Crippen LogP contribution in [0.25, 0.3) is 0 Å². The van der Waals surface area contributed by atoms with E-state index in [1.54, 1.807) is 6.07 Å². The van der Waals surface area contributed by atoms with Crippen LogP contribution in [0.5, 0.6) is 5.75 Å². The third-order valence-electron chi connectivity index (χ3n) is 2.80. The summed E-state index contributed by atoms with van der Waals surface area (Å²) in [7, 11) is 0. The van der Waals surface area contributed by atoms with E-state index in [-0.39, 0.29) is 36.4 Å². The second-order valence-corrected chi connectivity index (χ2v) is 4.18. The molecule has 0 atom stereocenters. The first kappa shape index (κ1) is 13.8. The molecule has 8 nitrogen and oxygen atoms in total. The molecule has 1 aromatic carbocycles. The molecule has 1 heterocycles. The summed E-state index contributed by atoms with van der Waals surface area (Å²) in [5, 5.41) is 13.4. The molecule has 0 unspecified atom stereocenters. The number of carbonyl (C=O) groups excluding carboxylic acids is 2. The van der Waals surface area contributed by atoms with Crippen molar-refractivity contribution in [3.8, 4) is 5.75 Å². The van der Waals surface area contributed by atoms with Gasteiger partial charge >= 0.3 is 5.69 Å². The first-order valence-electron chi connectivity index (χ1n) is 5.98. The standard InChI is InChI=1S/C12H13N3O5/c16-11-7-14(6-5-13-11)12(17)8-20-10-4-2-1-3-9(10)15(18)19/h1-4H,5-8H2,(H,13,16). The van der Waals surface area contributed by atoms with Crippen molar-refractivity contribution in [2.24, 2.45) is 0 Å². The molecule has 1 N–H and O–H groups in total. The van der Waals surface area contributed by atoms with Crippen molar-refractivity contribution in [1.82, 2.24) is 10.2 Å². The number of para-hydroxylation sites is 2. The zero-order valence-electron chi connectivity index (χ0n) is 10.6. The highest BCUT2D eigenvalue weighted by molar-refractivity contribution is 5.86. The fraction of sp³-hybridized carbons (Fsp3) is 0.333. The molecule has 0 saturated carbocycles. The highest BCUT2D eigenvalue weighted by Gasteiger charge is 2.22. The van der Waals surface area contributed by atoms with Gasteiger partial charge in [0, 0.05) is 19.2 Å². The lowest BCUT2D eigenvalue weighted by atomic mass is 10.3. The molecule has 1 aliphatic rings. The van der Waals surface area contributed by atoms with E-state index in [1.165, 1.54) is 23.1 Å². The number of nitro benzene ring substituents is 1. The van der Waals surface area contributed by atoms with Gasteiger partial charge in [0.25, 0.3) is 5.91 Å². The molecule has 0 spiro atoms. The van der Waals surface area contributed by atoms with E-state index >= 15 is 0 Å². The Hall–Kier alpha value is -2.64. The van der Waals surface area contributed by atoms with Gasteiger partial charge in [0.1, 0.15) is 0 Å². The normalized spacial score (nSPS) is 14.6. The Bertz CT molecular complexity index is 546. The molecule has 2 amide bonds. The monoisotopic (exact) mass is 279 g/mol. The lowest BCUT2D eigenvalue weighted by Crippen LogP contribution is -2.51. The number of carbonyl (C=O) groups is 2. The van der Waals surface area contributed by atoms with Gasteiger partial charge in [0.15, 0.2) is 12.4 Å². The molecule has 1 aromatic rings. The van der Waals surface area contributed by atoms with E-state index in [4.69, 9.17) is 4.74 Å². The number of nitro groups is 1. The highest BCUT2D eigenvalue weighted by atomic mass is 16.6. The Balaban J connectivity index is 1.96. The van der Waals surface area contributed by atoms with Gasteiger partial charge in [-0.25, -0.2) is 0 Å². The van der Waals surface area contributed by atoms with Crippen molar-refractivity contribution in [2.75, 3.05) is 26.2 Å². The van der Waals surface area contributed by atoms with Gasteiger partial charge in [-0.15, -0.1) is 0 Å². The first-order valence-corrected chi connectivity index (χ1v) is 5.98. The number of benzene rings is 1. The summed E-state index contributed by atoms with van der Waals surface area (Å²) in [5.74, 6) is -0.569. The van der Waals surface area contributed by atoms with Crippen LogP contribution in [0.4, 0.5) is 5.69 Å². The number of amides is 2. The van der Waals surface area contributed by atoms with Crippen molar-refractivity contribution in [1.29, 1.82) is 0 Å². The Morgan fingerprint density at radius 2 is 2.20 bits per heavy atom. The quantitative estimate of drug-likeness (QED) is 0.614. The summed E-state index contributed by atoms with van der Waals surface area (Å²) < 4.78 is 5.18. The lowest BCUT2D eigenvalue weighted by molar-refractivity contribution is -0.385. The number of nitrogens with one attached hydrogen (secondary N) is 1. The van der Waals surface area contributed by atoms with Crippen LogP contribution in [0.3, 0.4) is 0 Å². The average molecular weight is 279 g/mol. The van der Waals surface area contributed by atoms with E-state index in [0.717, 1.165) is 0 Å². The van der Waals surface area contributed by atoms with Gasteiger partial charge in [-0.05, 0) is 6.07 Å². The Morgan fingerprint density at radius 3 is 2.90 bits per heavy atom. The Labute approximate surface area is 114 Å². The maximum atomic E-state index is 11.8. The van der Waals surface area contributed by atoms with Crippen molar-refractivity contribution >= 4 is 17.5 Å². The third-order valence-corrected chi connectivity index (χ3v) is 2.80. The number of nitrogens with zero attached hydrogens (tertiary/aromatic N) is 2. The van der Waals surface area contributed by atoms with Crippen LogP contribution < -0.4 is 10.1 Å². The van der Waals surface area contributed by atoms with Crippen molar-refractivity contribution in [2.45, 2.75) is 0 Å². The topological polar surface area (TPSA) is 102 Å². The van der Waals surface area contributed by atoms with Crippen molar-refractivity contribution in [3.63, 3.8) is 0 Å². The second-order valence-electron chi connectivity index (χ2n) is 4.18. The SMILES string of the molecule is O=C1CN(C(=O)COc2ccccc2[N+](=O)[O-])CCN1. The average Bonchev–Trinajstić information content (AvgIpc) is 2.45. The largest absolute Gasteiger partial charge is 0.477 e.